The van der Waals surface area contributed by atoms with Crippen molar-refractivity contribution >= 4 is 34.7 Å². The fraction of sp³-hybridized carbons (Fsp3) is 0.364. The highest BCUT2D eigenvalue weighted by atomic mass is 19.1. The highest BCUT2D eigenvalue weighted by Crippen LogP contribution is 2.32. The second-order valence-corrected chi connectivity index (χ2v) is 8.01. The van der Waals surface area contributed by atoms with E-state index in [0.717, 1.165) is 17.0 Å². The highest BCUT2D eigenvalue weighted by Gasteiger charge is 2.34. The number of rotatable bonds is 6. The highest BCUT2D eigenvalue weighted by molar-refractivity contribution is 5.90. The Morgan fingerprint density at radius 3 is 2.46 bits per heavy atom. The monoisotopic (exact) mass is 491 g/mol. The van der Waals surface area contributed by atoms with Crippen molar-refractivity contribution in [3.05, 3.63) is 58.1 Å². The molecule has 0 saturated carbocycles. The maximum atomic E-state index is 15.1. The molecule has 11 nitrogen and oxygen atoms in total. The van der Waals surface area contributed by atoms with E-state index in [0.29, 0.717) is 5.69 Å². The molecule has 35 heavy (non-hydrogen) atoms. The predicted octanol–water partition coefficient (Wildman–Crippen LogP) is 2.59. The SMILES string of the molecule is CC(=O)NC[C@H]1CN(c2cc(F)c(N3CCON(c4ccc([N+](=O)[O-])cc4)CC3)c(F)c2)C(=O)O1. The molecule has 2 amide bonds. The molecule has 13 heteroatoms. The van der Waals surface area contributed by atoms with Crippen molar-refractivity contribution in [2.75, 3.05) is 54.2 Å². The van der Waals surface area contributed by atoms with Gasteiger partial charge in [0.2, 0.25) is 5.91 Å². The van der Waals surface area contributed by atoms with Crippen molar-refractivity contribution in [2.45, 2.75) is 13.0 Å². The molecule has 0 radical (unpaired) electrons. The number of amides is 2. The molecular weight excluding hydrogens is 468 g/mol. The third-order valence-corrected chi connectivity index (χ3v) is 5.61. The lowest BCUT2D eigenvalue weighted by Crippen LogP contribution is -2.33. The van der Waals surface area contributed by atoms with Gasteiger partial charge in [0, 0.05) is 44.3 Å². The van der Waals surface area contributed by atoms with Crippen LogP contribution in [0.25, 0.3) is 0 Å². The second-order valence-electron chi connectivity index (χ2n) is 8.01. The molecule has 1 atom stereocenters. The molecule has 2 fully saturated rings. The van der Waals surface area contributed by atoms with E-state index in [1.807, 2.05) is 0 Å². The number of nitro benzene ring substituents is 1. The summed E-state index contributed by atoms with van der Waals surface area (Å²) in [5.74, 6) is -1.97. The average molecular weight is 491 g/mol. The maximum Gasteiger partial charge on any atom is 0.414 e. The normalized spacial score (nSPS) is 18.3. The molecule has 1 N–H and O–H groups in total. The van der Waals surface area contributed by atoms with E-state index in [4.69, 9.17) is 9.57 Å². The van der Waals surface area contributed by atoms with Crippen LogP contribution in [0.4, 0.5) is 36.3 Å². The van der Waals surface area contributed by atoms with Gasteiger partial charge in [-0.25, -0.2) is 13.6 Å². The first-order valence-corrected chi connectivity index (χ1v) is 10.8. The summed E-state index contributed by atoms with van der Waals surface area (Å²) in [5, 5.41) is 14.9. The number of hydrogen-bond donors (Lipinski definition) is 1. The summed E-state index contributed by atoms with van der Waals surface area (Å²) >= 11 is 0. The minimum atomic E-state index is -0.845. The summed E-state index contributed by atoms with van der Waals surface area (Å²) in [6.07, 6.45) is -1.39. The number of benzene rings is 2. The first-order valence-electron chi connectivity index (χ1n) is 10.8. The van der Waals surface area contributed by atoms with Crippen LogP contribution in [0.1, 0.15) is 6.92 Å². The average Bonchev–Trinajstić information content (AvgIpc) is 3.02. The van der Waals surface area contributed by atoms with Crippen molar-refractivity contribution in [3.63, 3.8) is 0 Å². The number of carbonyl (C=O) groups excluding carboxylic acids is 2. The van der Waals surface area contributed by atoms with Crippen LogP contribution in [0.5, 0.6) is 0 Å². The standard InChI is InChI=1S/C22H23F2N5O6/c1-14(30)25-12-18-13-27(22(31)35-18)17-10-19(23)21(20(24)11-17)26-6-7-28(34-9-8-26)15-2-4-16(5-3-15)29(32)33/h2-5,10-11,18H,6-9,12-13H2,1H3,(H,25,30)/t18-/m0/s1. The zero-order valence-corrected chi connectivity index (χ0v) is 18.8. The van der Waals surface area contributed by atoms with Gasteiger partial charge in [-0.05, 0) is 12.1 Å². The Morgan fingerprint density at radius 2 is 1.83 bits per heavy atom. The van der Waals surface area contributed by atoms with Gasteiger partial charge in [0.1, 0.15) is 11.8 Å². The first-order chi connectivity index (χ1) is 16.7. The summed E-state index contributed by atoms with van der Waals surface area (Å²) < 4.78 is 35.3. The van der Waals surface area contributed by atoms with E-state index in [-0.39, 0.29) is 62.3 Å². The number of anilines is 3. The van der Waals surface area contributed by atoms with Gasteiger partial charge in [0.05, 0.1) is 42.5 Å². The van der Waals surface area contributed by atoms with Crippen LogP contribution in [-0.2, 0) is 14.4 Å². The van der Waals surface area contributed by atoms with Crippen molar-refractivity contribution < 1.29 is 32.9 Å². The lowest BCUT2D eigenvalue weighted by Gasteiger charge is -2.25. The minimum absolute atomic E-state index is 0.0117. The maximum absolute atomic E-state index is 15.1. The number of cyclic esters (lactones) is 1. The zero-order valence-electron chi connectivity index (χ0n) is 18.8. The van der Waals surface area contributed by atoms with Gasteiger partial charge in [0.25, 0.3) is 5.69 Å². The number of hydroxylamine groups is 1. The third kappa shape index (κ3) is 5.40. The number of hydrogen-bond acceptors (Lipinski definition) is 8. The molecule has 2 aromatic rings. The van der Waals surface area contributed by atoms with E-state index in [1.54, 1.807) is 0 Å². The molecule has 0 bridgehead atoms. The smallest absolute Gasteiger partial charge is 0.414 e. The van der Waals surface area contributed by atoms with Crippen molar-refractivity contribution in [3.8, 4) is 0 Å². The predicted molar refractivity (Wildman–Crippen MR) is 121 cm³/mol. The quantitative estimate of drug-likeness (QED) is 0.484. The molecule has 0 aliphatic carbocycles. The van der Waals surface area contributed by atoms with Gasteiger partial charge in [-0.15, -0.1) is 0 Å². The van der Waals surface area contributed by atoms with Gasteiger partial charge in [-0.3, -0.25) is 29.7 Å². The van der Waals surface area contributed by atoms with Gasteiger partial charge in [-0.2, -0.15) is 0 Å². The van der Waals surface area contributed by atoms with Crippen LogP contribution in [0.3, 0.4) is 0 Å². The zero-order chi connectivity index (χ0) is 25.1. The summed E-state index contributed by atoms with van der Waals surface area (Å²) in [4.78, 5) is 41.9. The van der Waals surface area contributed by atoms with Crippen LogP contribution in [0, 0.1) is 21.7 Å². The Kier molecular flexibility index (Phi) is 6.96. The molecule has 2 aromatic carbocycles. The number of carbonyl (C=O) groups is 2. The molecule has 2 saturated heterocycles. The van der Waals surface area contributed by atoms with Crippen molar-refractivity contribution in [2.24, 2.45) is 0 Å². The topological polar surface area (TPSA) is 117 Å². The summed E-state index contributed by atoms with van der Waals surface area (Å²) in [6.45, 7) is 2.26. The van der Waals surface area contributed by atoms with E-state index in [2.05, 4.69) is 5.32 Å². The number of halogens is 2. The number of nitrogens with one attached hydrogen (secondary N) is 1. The van der Waals surface area contributed by atoms with Crippen LogP contribution in [-0.4, -0.2) is 62.4 Å². The minimum Gasteiger partial charge on any atom is -0.442 e. The fourth-order valence-corrected chi connectivity index (χ4v) is 3.92. The van der Waals surface area contributed by atoms with Crippen molar-refractivity contribution in [1.29, 1.82) is 0 Å². The fourth-order valence-electron chi connectivity index (χ4n) is 3.92. The van der Waals surface area contributed by atoms with E-state index in [1.165, 1.54) is 41.2 Å². The summed E-state index contributed by atoms with van der Waals surface area (Å²) in [5.41, 5.74) is 0.288. The molecule has 0 spiro atoms. The number of non-ortho nitro benzene ring substituents is 1. The van der Waals surface area contributed by atoms with Crippen molar-refractivity contribution in [1.82, 2.24) is 5.32 Å². The Balaban J connectivity index is 1.45. The number of nitrogens with zero attached hydrogens (tertiary/aromatic N) is 4. The number of nitro groups is 1. The molecule has 2 aliphatic heterocycles. The van der Waals surface area contributed by atoms with E-state index < -0.39 is 28.8 Å². The lowest BCUT2D eigenvalue weighted by atomic mass is 10.2. The van der Waals surface area contributed by atoms with E-state index in [9.17, 15) is 19.7 Å². The van der Waals surface area contributed by atoms with Crippen LogP contribution in [0.15, 0.2) is 36.4 Å². The molecule has 2 aliphatic rings. The third-order valence-electron chi connectivity index (χ3n) is 5.61. The van der Waals surface area contributed by atoms with Crippen LogP contribution in [0.2, 0.25) is 0 Å². The molecule has 0 aromatic heterocycles. The Hall–Kier alpha value is -4.00. The lowest BCUT2D eigenvalue weighted by molar-refractivity contribution is -0.384. The Labute approximate surface area is 198 Å². The molecule has 4 rings (SSSR count). The summed E-state index contributed by atoms with van der Waals surface area (Å²) in [7, 11) is 0. The number of ether oxygens (including phenoxy) is 1. The van der Waals surface area contributed by atoms with Gasteiger partial charge < -0.3 is 15.0 Å². The van der Waals surface area contributed by atoms with Crippen LogP contribution >= 0.6 is 0 Å². The van der Waals surface area contributed by atoms with Gasteiger partial charge in [0.15, 0.2) is 11.6 Å². The first kappa shape index (κ1) is 24.1. The Morgan fingerprint density at radius 1 is 1.14 bits per heavy atom. The second kappa shape index (κ2) is 10.1. The van der Waals surface area contributed by atoms with Gasteiger partial charge in [-0.1, -0.05) is 0 Å². The van der Waals surface area contributed by atoms with Gasteiger partial charge >= 0.3 is 6.09 Å². The summed E-state index contributed by atoms with van der Waals surface area (Å²) in [6, 6.07) is 7.92. The molecule has 2 heterocycles. The molecule has 0 unspecified atom stereocenters. The molecular formula is C22H23F2N5O6. The molecule has 186 valence electrons. The van der Waals surface area contributed by atoms with E-state index >= 15 is 8.78 Å². The Bertz CT molecular complexity index is 1110. The largest absolute Gasteiger partial charge is 0.442 e. The van der Waals surface area contributed by atoms with Crippen LogP contribution < -0.4 is 20.2 Å².